The van der Waals surface area contributed by atoms with E-state index >= 15 is 0 Å². The Kier molecular flexibility index (Phi) is 3.75. The number of benzene rings is 1. The molecular weight excluding hydrogens is 245 g/mol. The van der Waals surface area contributed by atoms with Crippen LogP contribution < -0.4 is 11.1 Å². The lowest BCUT2D eigenvalue weighted by atomic mass is 10.1. The van der Waals surface area contributed by atoms with E-state index in [4.69, 9.17) is 5.73 Å². The molecule has 0 aliphatic rings. The number of hydrogen-bond acceptors (Lipinski definition) is 3. The number of carbonyl (C=O) groups is 1. The Hall–Kier alpha value is -2.43. The van der Waals surface area contributed by atoms with E-state index in [1.54, 1.807) is 18.5 Å². The number of amides is 1. The van der Waals surface area contributed by atoms with Crippen molar-refractivity contribution in [1.82, 2.24) is 10.3 Å². The molecule has 2 rings (SSSR count). The van der Waals surface area contributed by atoms with Crippen LogP contribution in [-0.4, -0.2) is 10.9 Å². The Balaban J connectivity index is 2.13. The Labute approximate surface area is 110 Å². The summed E-state index contributed by atoms with van der Waals surface area (Å²) in [6.45, 7) is 1.81. The average Bonchev–Trinajstić information content (AvgIpc) is 2.39. The Morgan fingerprint density at radius 3 is 2.84 bits per heavy atom. The molecule has 4 nitrogen and oxygen atoms in total. The van der Waals surface area contributed by atoms with Crippen LogP contribution in [0.5, 0.6) is 0 Å². The molecule has 19 heavy (non-hydrogen) atoms. The highest BCUT2D eigenvalue weighted by Crippen LogP contribution is 2.15. The number of nitrogens with one attached hydrogen (secondary N) is 1. The number of halogens is 1. The smallest absolute Gasteiger partial charge is 0.254 e. The van der Waals surface area contributed by atoms with Crippen LogP contribution in [0.4, 0.5) is 10.1 Å². The largest absolute Gasteiger partial charge is 0.399 e. The molecule has 0 bridgehead atoms. The van der Waals surface area contributed by atoms with Crippen molar-refractivity contribution < 1.29 is 9.18 Å². The van der Waals surface area contributed by atoms with E-state index in [2.05, 4.69) is 10.3 Å². The van der Waals surface area contributed by atoms with Gasteiger partial charge in [0.1, 0.15) is 5.82 Å². The molecule has 0 radical (unpaired) electrons. The molecule has 0 spiro atoms. The van der Waals surface area contributed by atoms with Crippen molar-refractivity contribution in [1.29, 1.82) is 0 Å². The lowest BCUT2D eigenvalue weighted by Crippen LogP contribution is -2.27. The van der Waals surface area contributed by atoms with Crippen molar-refractivity contribution in [2.24, 2.45) is 0 Å². The second-order valence-corrected chi connectivity index (χ2v) is 4.22. The molecule has 5 heteroatoms. The highest BCUT2D eigenvalue weighted by Gasteiger charge is 2.15. The molecular formula is C14H14FN3O. The Morgan fingerprint density at radius 2 is 2.21 bits per heavy atom. The summed E-state index contributed by atoms with van der Waals surface area (Å²) in [6, 6.07) is 7.36. The molecule has 0 fully saturated rings. The van der Waals surface area contributed by atoms with Crippen molar-refractivity contribution >= 4 is 11.6 Å². The summed E-state index contributed by atoms with van der Waals surface area (Å²) in [5.74, 6) is -1.11. The summed E-state index contributed by atoms with van der Waals surface area (Å²) in [5.41, 5.74) is 6.56. The molecule has 1 atom stereocenters. The van der Waals surface area contributed by atoms with E-state index < -0.39 is 11.7 Å². The number of anilines is 1. The zero-order valence-corrected chi connectivity index (χ0v) is 10.4. The first-order chi connectivity index (χ1) is 9.08. The molecule has 98 valence electrons. The number of carbonyl (C=O) groups excluding carboxylic acids is 1. The third-order valence-electron chi connectivity index (χ3n) is 2.77. The maximum Gasteiger partial charge on any atom is 0.254 e. The fourth-order valence-electron chi connectivity index (χ4n) is 1.71. The first kappa shape index (κ1) is 13.0. The van der Waals surface area contributed by atoms with Gasteiger partial charge in [-0.2, -0.15) is 0 Å². The Bertz CT molecular complexity index is 586. The SMILES string of the molecule is CC(NC(=O)c1ccc(N)cc1F)c1cccnc1. The van der Waals surface area contributed by atoms with Crippen LogP contribution in [-0.2, 0) is 0 Å². The van der Waals surface area contributed by atoms with Gasteiger partial charge in [-0.05, 0) is 36.8 Å². The van der Waals surface area contributed by atoms with Crippen molar-refractivity contribution in [2.75, 3.05) is 5.73 Å². The number of pyridine rings is 1. The maximum absolute atomic E-state index is 13.6. The molecule has 1 heterocycles. The van der Waals surface area contributed by atoms with Crippen molar-refractivity contribution in [3.63, 3.8) is 0 Å². The van der Waals surface area contributed by atoms with Crippen LogP contribution >= 0.6 is 0 Å². The van der Waals surface area contributed by atoms with Gasteiger partial charge in [0.05, 0.1) is 11.6 Å². The van der Waals surface area contributed by atoms with Gasteiger partial charge in [0.2, 0.25) is 0 Å². The third kappa shape index (κ3) is 3.07. The number of nitrogens with two attached hydrogens (primary N) is 1. The number of hydrogen-bond donors (Lipinski definition) is 2. The van der Waals surface area contributed by atoms with Crippen molar-refractivity contribution in [2.45, 2.75) is 13.0 Å². The first-order valence-electron chi connectivity index (χ1n) is 5.83. The summed E-state index contributed by atoms with van der Waals surface area (Å²) >= 11 is 0. The van der Waals surface area contributed by atoms with Crippen LogP contribution in [0.2, 0.25) is 0 Å². The van der Waals surface area contributed by atoms with E-state index in [0.29, 0.717) is 0 Å². The molecule has 0 saturated heterocycles. The summed E-state index contributed by atoms with van der Waals surface area (Å²) in [5, 5.41) is 2.71. The molecule has 1 amide bonds. The van der Waals surface area contributed by atoms with Gasteiger partial charge < -0.3 is 11.1 Å². The first-order valence-corrected chi connectivity index (χ1v) is 5.83. The van der Waals surface area contributed by atoms with E-state index in [-0.39, 0.29) is 17.3 Å². The molecule has 1 aromatic heterocycles. The van der Waals surface area contributed by atoms with Crippen LogP contribution in [0.3, 0.4) is 0 Å². The predicted molar refractivity (Wildman–Crippen MR) is 70.9 cm³/mol. The van der Waals surface area contributed by atoms with Gasteiger partial charge >= 0.3 is 0 Å². The van der Waals surface area contributed by atoms with E-state index in [0.717, 1.165) is 11.6 Å². The van der Waals surface area contributed by atoms with Gasteiger partial charge in [0, 0.05) is 18.1 Å². The number of rotatable bonds is 3. The lowest BCUT2D eigenvalue weighted by molar-refractivity contribution is 0.0936. The number of nitrogen functional groups attached to an aromatic ring is 1. The van der Waals surface area contributed by atoms with Gasteiger partial charge in [-0.15, -0.1) is 0 Å². The fraction of sp³-hybridized carbons (Fsp3) is 0.143. The summed E-state index contributed by atoms with van der Waals surface area (Å²) in [7, 11) is 0. The topological polar surface area (TPSA) is 68.0 Å². The molecule has 3 N–H and O–H groups in total. The van der Waals surface area contributed by atoms with Gasteiger partial charge in [0.15, 0.2) is 0 Å². The highest BCUT2D eigenvalue weighted by molar-refractivity contribution is 5.95. The zero-order chi connectivity index (χ0) is 13.8. The van der Waals surface area contributed by atoms with Crippen molar-refractivity contribution in [3.8, 4) is 0 Å². The van der Waals surface area contributed by atoms with Gasteiger partial charge in [-0.3, -0.25) is 9.78 Å². The molecule has 0 aliphatic carbocycles. The minimum absolute atomic E-state index is 0.0232. The summed E-state index contributed by atoms with van der Waals surface area (Å²) < 4.78 is 13.6. The minimum Gasteiger partial charge on any atom is -0.399 e. The molecule has 0 aliphatic heterocycles. The monoisotopic (exact) mass is 259 g/mol. The fourth-order valence-corrected chi connectivity index (χ4v) is 1.71. The van der Waals surface area contributed by atoms with Crippen LogP contribution in [0.15, 0.2) is 42.7 Å². The lowest BCUT2D eigenvalue weighted by Gasteiger charge is -2.14. The zero-order valence-electron chi connectivity index (χ0n) is 10.4. The number of aromatic nitrogens is 1. The van der Waals surface area contributed by atoms with E-state index in [1.165, 1.54) is 12.1 Å². The molecule has 0 saturated carbocycles. The normalized spacial score (nSPS) is 11.9. The second-order valence-electron chi connectivity index (χ2n) is 4.22. The van der Waals surface area contributed by atoms with Gasteiger partial charge in [-0.25, -0.2) is 4.39 Å². The standard InChI is InChI=1S/C14H14FN3O/c1-9(10-3-2-6-17-8-10)18-14(19)12-5-4-11(16)7-13(12)15/h2-9H,16H2,1H3,(H,18,19). The third-order valence-corrected chi connectivity index (χ3v) is 2.77. The molecule has 1 unspecified atom stereocenters. The number of nitrogens with zero attached hydrogens (tertiary/aromatic N) is 1. The van der Waals surface area contributed by atoms with Crippen LogP contribution in [0.25, 0.3) is 0 Å². The second kappa shape index (κ2) is 5.48. The van der Waals surface area contributed by atoms with Crippen LogP contribution in [0.1, 0.15) is 28.9 Å². The molecule has 2 aromatic rings. The maximum atomic E-state index is 13.6. The quantitative estimate of drug-likeness (QED) is 0.831. The van der Waals surface area contributed by atoms with E-state index in [9.17, 15) is 9.18 Å². The van der Waals surface area contributed by atoms with Crippen molar-refractivity contribution in [3.05, 3.63) is 59.7 Å². The summed E-state index contributed by atoms with van der Waals surface area (Å²) in [4.78, 5) is 15.9. The minimum atomic E-state index is -0.629. The summed E-state index contributed by atoms with van der Waals surface area (Å²) in [6.07, 6.45) is 3.31. The van der Waals surface area contributed by atoms with Crippen LogP contribution in [0, 0.1) is 5.82 Å². The predicted octanol–water partition coefficient (Wildman–Crippen LogP) is 2.29. The van der Waals surface area contributed by atoms with E-state index in [1.807, 2.05) is 13.0 Å². The average molecular weight is 259 g/mol. The van der Waals surface area contributed by atoms with Gasteiger partial charge in [-0.1, -0.05) is 6.07 Å². The molecule has 1 aromatic carbocycles. The van der Waals surface area contributed by atoms with Gasteiger partial charge in [0.25, 0.3) is 5.91 Å². The Morgan fingerprint density at radius 1 is 1.42 bits per heavy atom. The highest BCUT2D eigenvalue weighted by atomic mass is 19.1.